The maximum Gasteiger partial charge on any atom is 0.253 e. The summed E-state index contributed by atoms with van der Waals surface area (Å²) in [6, 6.07) is 13.3. The molecule has 0 radical (unpaired) electrons. The molecule has 5 heteroatoms. The third-order valence-electron chi connectivity index (χ3n) is 3.82. The number of pyridine rings is 1. The predicted molar refractivity (Wildman–Crippen MR) is 89.3 cm³/mol. The Kier molecular flexibility index (Phi) is 6.11. The molecule has 0 aliphatic carbocycles. The number of rotatable bonds is 7. The molecule has 23 heavy (non-hydrogen) atoms. The van der Waals surface area contributed by atoms with Crippen molar-refractivity contribution in [3.05, 3.63) is 70.1 Å². The summed E-state index contributed by atoms with van der Waals surface area (Å²) in [5.74, 6) is -0.157. The van der Waals surface area contributed by atoms with Gasteiger partial charge in [0.15, 0.2) is 0 Å². The molecular weight excluding hydrogens is 292 g/mol. The Morgan fingerprint density at radius 3 is 2.65 bits per heavy atom. The minimum absolute atomic E-state index is 0.00114. The van der Waals surface area contributed by atoms with Crippen LogP contribution in [0.1, 0.15) is 23.5 Å². The Hall–Kier alpha value is -2.40. The second-order valence-corrected chi connectivity index (χ2v) is 5.55. The van der Waals surface area contributed by atoms with E-state index in [0.717, 1.165) is 5.56 Å². The first kappa shape index (κ1) is 17.0. The fourth-order valence-electron chi connectivity index (χ4n) is 2.50. The maximum atomic E-state index is 12.1. The van der Waals surface area contributed by atoms with Crippen LogP contribution < -0.4 is 10.9 Å². The molecule has 1 aromatic heterocycles. The molecular formula is C18H22N2O3. The van der Waals surface area contributed by atoms with Crippen LogP contribution in [-0.4, -0.2) is 28.7 Å². The van der Waals surface area contributed by atoms with E-state index in [-0.39, 0.29) is 30.5 Å². The summed E-state index contributed by atoms with van der Waals surface area (Å²) in [5, 5.41) is 12.1. The number of amides is 1. The zero-order valence-electron chi connectivity index (χ0n) is 13.2. The highest BCUT2D eigenvalue weighted by Crippen LogP contribution is 2.18. The van der Waals surface area contributed by atoms with Gasteiger partial charge in [-0.1, -0.05) is 36.4 Å². The molecule has 1 heterocycles. The average molecular weight is 314 g/mol. The number of aromatic nitrogens is 1. The standard InChI is InChI=1S/C18H22N2O3/c1-14-6-5-10-20(18(14)23)13-17(22)19-12-16(9-11-21)15-7-3-2-4-8-15/h2-8,10,16,21H,9,11-13H2,1H3,(H,19,22). The second kappa shape index (κ2) is 8.29. The highest BCUT2D eigenvalue weighted by atomic mass is 16.3. The highest BCUT2D eigenvalue weighted by Gasteiger charge is 2.13. The van der Waals surface area contributed by atoms with Crippen molar-refractivity contribution in [1.82, 2.24) is 9.88 Å². The summed E-state index contributed by atoms with van der Waals surface area (Å²) in [7, 11) is 0. The first-order valence-electron chi connectivity index (χ1n) is 7.70. The zero-order chi connectivity index (χ0) is 16.7. The molecule has 2 aromatic rings. The van der Waals surface area contributed by atoms with E-state index in [1.165, 1.54) is 4.57 Å². The molecule has 0 bridgehead atoms. The van der Waals surface area contributed by atoms with E-state index in [4.69, 9.17) is 0 Å². The van der Waals surface area contributed by atoms with Crippen LogP contribution in [0.25, 0.3) is 0 Å². The molecule has 122 valence electrons. The van der Waals surface area contributed by atoms with E-state index >= 15 is 0 Å². The molecule has 0 spiro atoms. The summed E-state index contributed by atoms with van der Waals surface area (Å²) in [5.41, 5.74) is 1.54. The number of carbonyl (C=O) groups is 1. The molecule has 0 saturated heterocycles. The average Bonchev–Trinajstić information content (AvgIpc) is 2.56. The largest absolute Gasteiger partial charge is 0.396 e. The van der Waals surface area contributed by atoms with E-state index in [9.17, 15) is 14.7 Å². The zero-order valence-corrected chi connectivity index (χ0v) is 13.2. The van der Waals surface area contributed by atoms with Crippen LogP contribution in [0.4, 0.5) is 0 Å². The number of hydrogen-bond donors (Lipinski definition) is 2. The van der Waals surface area contributed by atoms with Gasteiger partial charge in [0, 0.05) is 30.8 Å². The number of nitrogens with zero attached hydrogens (tertiary/aromatic N) is 1. The molecule has 0 aliphatic rings. The van der Waals surface area contributed by atoms with Crippen LogP contribution >= 0.6 is 0 Å². The number of carbonyl (C=O) groups excluding carboxylic acids is 1. The van der Waals surface area contributed by atoms with Gasteiger partial charge in [0.05, 0.1) is 0 Å². The van der Waals surface area contributed by atoms with E-state index in [2.05, 4.69) is 5.32 Å². The van der Waals surface area contributed by atoms with Crippen molar-refractivity contribution >= 4 is 5.91 Å². The summed E-state index contributed by atoms with van der Waals surface area (Å²) in [4.78, 5) is 24.0. The fourth-order valence-corrected chi connectivity index (χ4v) is 2.50. The highest BCUT2D eigenvalue weighted by molar-refractivity contribution is 5.75. The molecule has 5 nitrogen and oxygen atoms in total. The molecule has 0 saturated carbocycles. The molecule has 2 rings (SSSR count). The Labute approximate surface area is 135 Å². The Morgan fingerprint density at radius 1 is 1.22 bits per heavy atom. The van der Waals surface area contributed by atoms with Crippen molar-refractivity contribution < 1.29 is 9.90 Å². The smallest absolute Gasteiger partial charge is 0.253 e. The van der Waals surface area contributed by atoms with Gasteiger partial charge in [0.1, 0.15) is 6.54 Å². The summed E-state index contributed by atoms with van der Waals surface area (Å²) >= 11 is 0. The van der Waals surface area contributed by atoms with Gasteiger partial charge in [-0.05, 0) is 25.0 Å². The summed E-state index contributed by atoms with van der Waals surface area (Å²) in [6.07, 6.45) is 2.19. The van der Waals surface area contributed by atoms with Crippen molar-refractivity contribution in [1.29, 1.82) is 0 Å². The van der Waals surface area contributed by atoms with Crippen LogP contribution in [-0.2, 0) is 11.3 Å². The predicted octanol–water partition coefficient (Wildman–Crippen LogP) is 1.44. The quantitative estimate of drug-likeness (QED) is 0.812. The van der Waals surface area contributed by atoms with Crippen molar-refractivity contribution in [3.8, 4) is 0 Å². The molecule has 1 atom stereocenters. The van der Waals surface area contributed by atoms with Crippen LogP contribution in [0.2, 0.25) is 0 Å². The Bertz CT molecular complexity index is 695. The van der Waals surface area contributed by atoms with E-state index in [1.54, 1.807) is 25.3 Å². The first-order valence-corrected chi connectivity index (χ1v) is 7.70. The van der Waals surface area contributed by atoms with Gasteiger partial charge in [0.2, 0.25) is 5.91 Å². The number of aliphatic hydroxyl groups is 1. The number of benzene rings is 1. The lowest BCUT2D eigenvalue weighted by molar-refractivity contribution is -0.121. The second-order valence-electron chi connectivity index (χ2n) is 5.55. The van der Waals surface area contributed by atoms with Gasteiger partial charge in [-0.2, -0.15) is 0 Å². The van der Waals surface area contributed by atoms with E-state index < -0.39 is 0 Å². The van der Waals surface area contributed by atoms with Crippen molar-refractivity contribution in [3.63, 3.8) is 0 Å². The molecule has 1 aromatic carbocycles. The number of nitrogens with one attached hydrogen (secondary N) is 1. The molecule has 1 amide bonds. The topological polar surface area (TPSA) is 71.3 Å². The lowest BCUT2D eigenvalue weighted by atomic mass is 9.96. The number of aryl methyl sites for hydroxylation is 1. The lowest BCUT2D eigenvalue weighted by Crippen LogP contribution is -2.35. The normalized spacial score (nSPS) is 11.9. The van der Waals surface area contributed by atoms with Gasteiger partial charge < -0.3 is 15.0 Å². The van der Waals surface area contributed by atoms with E-state index in [0.29, 0.717) is 18.5 Å². The number of hydrogen-bond acceptors (Lipinski definition) is 3. The molecule has 2 N–H and O–H groups in total. The SMILES string of the molecule is Cc1cccn(CC(=O)NCC(CCO)c2ccccc2)c1=O. The third-order valence-corrected chi connectivity index (χ3v) is 3.82. The van der Waals surface area contributed by atoms with Gasteiger partial charge in [-0.25, -0.2) is 0 Å². The van der Waals surface area contributed by atoms with Crippen molar-refractivity contribution in [2.75, 3.05) is 13.2 Å². The Morgan fingerprint density at radius 2 is 1.96 bits per heavy atom. The van der Waals surface area contributed by atoms with Crippen molar-refractivity contribution in [2.45, 2.75) is 25.8 Å². The Balaban J connectivity index is 1.96. The van der Waals surface area contributed by atoms with Crippen LogP contribution in [0.5, 0.6) is 0 Å². The molecule has 0 aliphatic heterocycles. The van der Waals surface area contributed by atoms with Crippen LogP contribution in [0, 0.1) is 6.92 Å². The van der Waals surface area contributed by atoms with Crippen molar-refractivity contribution in [2.24, 2.45) is 0 Å². The van der Waals surface area contributed by atoms with E-state index in [1.807, 2.05) is 30.3 Å². The first-order chi connectivity index (χ1) is 11.1. The molecule has 0 fully saturated rings. The van der Waals surface area contributed by atoms with Crippen LogP contribution in [0.3, 0.4) is 0 Å². The van der Waals surface area contributed by atoms with Gasteiger partial charge >= 0.3 is 0 Å². The minimum Gasteiger partial charge on any atom is -0.396 e. The fraction of sp³-hybridized carbons (Fsp3) is 0.333. The number of aliphatic hydroxyl groups excluding tert-OH is 1. The monoisotopic (exact) mass is 314 g/mol. The van der Waals surface area contributed by atoms with Gasteiger partial charge in [-0.3, -0.25) is 9.59 Å². The molecule has 1 unspecified atom stereocenters. The summed E-state index contributed by atoms with van der Waals surface area (Å²) < 4.78 is 1.40. The third kappa shape index (κ3) is 4.79. The summed E-state index contributed by atoms with van der Waals surface area (Å²) in [6.45, 7) is 2.22. The van der Waals surface area contributed by atoms with Crippen LogP contribution in [0.15, 0.2) is 53.5 Å². The van der Waals surface area contributed by atoms with Gasteiger partial charge in [0.25, 0.3) is 5.56 Å². The maximum absolute atomic E-state index is 12.1. The van der Waals surface area contributed by atoms with Gasteiger partial charge in [-0.15, -0.1) is 0 Å². The minimum atomic E-state index is -0.212. The lowest BCUT2D eigenvalue weighted by Gasteiger charge is -2.17.